The summed E-state index contributed by atoms with van der Waals surface area (Å²) in [5.41, 5.74) is 2.16. The second kappa shape index (κ2) is 13.5. The number of unbranched alkanes of at least 4 members (excludes halogenated alkanes) is 1. The van der Waals surface area contributed by atoms with Crippen molar-refractivity contribution >= 4 is 29.6 Å². The van der Waals surface area contributed by atoms with Gasteiger partial charge in [-0.15, -0.1) is 0 Å². The van der Waals surface area contributed by atoms with Gasteiger partial charge in [0.05, 0.1) is 33.4 Å². The highest BCUT2D eigenvalue weighted by Crippen LogP contribution is 2.41. The van der Waals surface area contributed by atoms with Crippen molar-refractivity contribution in [3.63, 3.8) is 0 Å². The Labute approximate surface area is 232 Å². The molecule has 2 heterocycles. The van der Waals surface area contributed by atoms with Crippen molar-refractivity contribution in [3.05, 3.63) is 42.0 Å². The van der Waals surface area contributed by atoms with E-state index in [1.54, 1.807) is 33.5 Å². The van der Waals surface area contributed by atoms with Gasteiger partial charge in [0.15, 0.2) is 11.5 Å². The van der Waals surface area contributed by atoms with Crippen LogP contribution >= 0.6 is 11.8 Å². The summed E-state index contributed by atoms with van der Waals surface area (Å²) in [6.45, 7) is 0.685. The van der Waals surface area contributed by atoms with Crippen LogP contribution in [0.4, 0.5) is 4.79 Å². The summed E-state index contributed by atoms with van der Waals surface area (Å²) in [6, 6.07) is 11.3. The van der Waals surface area contributed by atoms with Crippen LogP contribution < -0.4 is 35.5 Å². The van der Waals surface area contributed by atoms with Crippen LogP contribution in [0.25, 0.3) is 11.1 Å². The highest BCUT2D eigenvalue weighted by atomic mass is 32.2. The molecule has 0 bridgehead atoms. The van der Waals surface area contributed by atoms with E-state index in [0.29, 0.717) is 47.6 Å². The maximum atomic E-state index is 12.7. The number of methoxy groups -OCH3 is 3. The third kappa shape index (κ3) is 7.08. The molecule has 2 aromatic rings. The van der Waals surface area contributed by atoms with E-state index in [2.05, 4.69) is 21.3 Å². The highest BCUT2D eigenvalue weighted by molar-refractivity contribution is 8.00. The number of thioether (sulfide) groups is 1. The number of urea groups is 1. The summed E-state index contributed by atoms with van der Waals surface area (Å²) < 4.78 is 16.3. The molecule has 2 fully saturated rings. The topological polar surface area (TPSA) is 127 Å². The van der Waals surface area contributed by atoms with E-state index in [0.717, 1.165) is 36.1 Å². The third-order valence-corrected chi connectivity index (χ3v) is 8.44. The molecule has 2 aromatic carbocycles. The summed E-state index contributed by atoms with van der Waals surface area (Å²) >= 11 is 1.88. The van der Waals surface area contributed by atoms with Gasteiger partial charge in [-0.1, -0.05) is 18.6 Å². The molecule has 4 rings (SSSR count). The molecule has 4 N–H and O–H groups in total. The van der Waals surface area contributed by atoms with E-state index < -0.39 is 0 Å². The van der Waals surface area contributed by atoms with Crippen molar-refractivity contribution in [1.82, 2.24) is 21.3 Å². The quantitative estimate of drug-likeness (QED) is 0.221. The molecule has 0 aliphatic carbocycles. The van der Waals surface area contributed by atoms with Gasteiger partial charge in [-0.3, -0.25) is 9.59 Å². The number of benzene rings is 2. The third-order valence-electron chi connectivity index (χ3n) is 6.94. The fraction of sp³-hybridized carbons (Fsp3) is 0.464. The Balaban J connectivity index is 1.18. The standard InChI is InChI=1S/C28H36N4O6S/c1-36-21-14-19(15-22(37-2)26(21)38-3)17-7-6-8-18(13-17)27(34)30-12-11-29-24(33)10-5-4-9-23-25-20(16-39-23)31-28(35)32-25/h6-8,13-15,20,23,25H,4-5,9-12,16H2,1-3H3,(H,29,33)(H,30,34)(H2,31,32,35)/t20-,23-,25-/m0/s1. The average molecular weight is 557 g/mol. The number of amides is 4. The minimum absolute atomic E-state index is 0.0264. The first-order valence-electron chi connectivity index (χ1n) is 13.1. The van der Waals surface area contributed by atoms with Gasteiger partial charge >= 0.3 is 6.03 Å². The number of rotatable bonds is 13. The van der Waals surface area contributed by atoms with Crippen LogP contribution in [0, 0.1) is 0 Å². The molecule has 0 unspecified atom stereocenters. The van der Waals surface area contributed by atoms with Gasteiger partial charge in [-0.2, -0.15) is 11.8 Å². The Bertz CT molecular complexity index is 1170. The van der Waals surface area contributed by atoms with Gasteiger partial charge in [0.2, 0.25) is 11.7 Å². The molecular formula is C28H36N4O6S. The number of carbonyl (C=O) groups is 3. The van der Waals surface area contributed by atoms with Gasteiger partial charge < -0.3 is 35.5 Å². The lowest BCUT2D eigenvalue weighted by Gasteiger charge is -2.16. The molecule has 2 aliphatic heterocycles. The molecule has 0 saturated carbocycles. The molecule has 39 heavy (non-hydrogen) atoms. The zero-order chi connectivity index (χ0) is 27.8. The van der Waals surface area contributed by atoms with E-state index in [1.165, 1.54) is 0 Å². The summed E-state index contributed by atoms with van der Waals surface area (Å²) in [5, 5.41) is 12.1. The van der Waals surface area contributed by atoms with E-state index in [4.69, 9.17) is 14.2 Å². The first-order valence-corrected chi connectivity index (χ1v) is 14.1. The van der Waals surface area contributed by atoms with Crippen molar-refractivity contribution < 1.29 is 28.6 Å². The molecule has 210 valence electrons. The molecule has 4 amide bonds. The maximum absolute atomic E-state index is 12.7. The number of hydrogen-bond donors (Lipinski definition) is 4. The average Bonchev–Trinajstić information content (AvgIpc) is 3.51. The van der Waals surface area contributed by atoms with Crippen molar-refractivity contribution in [2.24, 2.45) is 0 Å². The van der Waals surface area contributed by atoms with Gasteiger partial charge in [0, 0.05) is 36.1 Å². The SMILES string of the molecule is COc1cc(-c2cccc(C(=O)NCCNC(=O)CCCC[C@@H]3SC[C@@H]4NC(=O)N[C@@H]43)c2)cc(OC)c1OC. The van der Waals surface area contributed by atoms with Gasteiger partial charge in [0.25, 0.3) is 5.91 Å². The Hall–Kier alpha value is -3.60. The van der Waals surface area contributed by atoms with Crippen molar-refractivity contribution in [2.45, 2.75) is 43.0 Å². The summed E-state index contributed by atoms with van der Waals surface area (Å²) in [7, 11) is 4.67. The maximum Gasteiger partial charge on any atom is 0.315 e. The van der Waals surface area contributed by atoms with E-state index in [-0.39, 0.29) is 29.9 Å². The van der Waals surface area contributed by atoms with Gasteiger partial charge in [-0.25, -0.2) is 4.79 Å². The summed E-state index contributed by atoms with van der Waals surface area (Å²) in [4.78, 5) is 36.4. The zero-order valence-corrected chi connectivity index (χ0v) is 23.3. The smallest absolute Gasteiger partial charge is 0.315 e. The van der Waals surface area contributed by atoms with Gasteiger partial charge in [-0.05, 0) is 48.2 Å². The molecule has 0 aromatic heterocycles. The first-order chi connectivity index (χ1) is 18.9. The number of nitrogens with one attached hydrogen (secondary N) is 4. The van der Waals surface area contributed by atoms with E-state index in [1.807, 2.05) is 36.0 Å². The number of fused-ring (bicyclic) bond motifs is 1. The zero-order valence-electron chi connectivity index (χ0n) is 22.5. The molecule has 2 aliphatic rings. The van der Waals surface area contributed by atoms with Crippen molar-refractivity contribution in [1.29, 1.82) is 0 Å². The fourth-order valence-electron chi connectivity index (χ4n) is 4.93. The lowest BCUT2D eigenvalue weighted by atomic mass is 10.0. The number of hydrogen-bond acceptors (Lipinski definition) is 7. The molecule has 2 saturated heterocycles. The largest absolute Gasteiger partial charge is 0.493 e. The number of carbonyl (C=O) groups excluding carboxylic acids is 3. The number of ether oxygens (including phenoxy) is 3. The minimum atomic E-state index is -0.223. The Morgan fingerprint density at radius 1 is 0.949 bits per heavy atom. The van der Waals surface area contributed by atoms with Crippen LogP contribution in [0.1, 0.15) is 36.0 Å². The van der Waals surface area contributed by atoms with Crippen LogP contribution in [0.15, 0.2) is 36.4 Å². The lowest BCUT2D eigenvalue weighted by Crippen LogP contribution is -2.36. The lowest BCUT2D eigenvalue weighted by molar-refractivity contribution is -0.121. The minimum Gasteiger partial charge on any atom is -0.493 e. The fourth-order valence-corrected chi connectivity index (χ4v) is 6.47. The van der Waals surface area contributed by atoms with Gasteiger partial charge in [0.1, 0.15) is 0 Å². The van der Waals surface area contributed by atoms with Crippen LogP contribution in [0.3, 0.4) is 0 Å². The Morgan fingerprint density at radius 2 is 1.69 bits per heavy atom. The molecule has 0 spiro atoms. The molecule has 0 radical (unpaired) electrons. The summed E-state index contributed by atoms with van der Waals surface area (Å²) in [5.74, 6) is 2.25. The normalized spacial score (nSPS) is 19.5. The molecule has 11 heteroatoms. The molecule has 3 atom stereocenters. The second-order valence-electron chi connectivity index (χ2n) is 9.47. The predicted octanol–water partition coefficient (Wildman–Crippen LogP) is 2.95. The van der Waals surface area contributed by atoms with Crippen molar-refractivity contribution in [2.75, 3.05) is 40.2 Å². The monoisotopic (exact) mass is 556 g/mol. The van der Waals surface area contributed by atoms with Crippen LogP contribution in [-0.2, 0) is 4.79 Å². The van der Waals surface area contributed by atoms with E-state index >= 15 is 0 Å². The Morgan fingerprint density at radius 3 is 2.41 bits per heavy atom. The van der Waals surface area contributed by atoms with Crippen molar-refractivity contribution in [3.8, 4) is 28.4 Å². The first kappa shape index (κ1) is 28.4. The summed E-state index contributed by atoms with van der Waals surface area (Å²) in [6.07, 6.45) is 3.15. The molecular weight excluding hydrogens is 520 g/mol. The van der Waals surface area contributed by atoms with Crippen LogP contribution in [0.5, 0.6) is 17.2 Å². The Kier molecular flexibility index (Phi) is 9.80. The second-order valence-corrected chi connectivity index (χ2v) is 10.7. The highest BCUT2D eigenvalue weighted by Gasteiger charge is 2.42. The van der Waals surface area contributed by atoms with Crippen LogP contribution in [0.2, 0.25) is 0 Å². The van der Waals surface area contributed by atoms with Crippen LogP contribution in [-0.4, -0.2) is 75.4 Å². The predicted molar refractivity (Wildman–Crippen MR) is 151 cm³/mol. The van der Waals surface area contributed by atoms with E-state index in [9.17, 15) is 14.4 Å². The molecule has 10 nitrogen and oxygen atoms in total.